The molecule has 2 heterocycles. The molecule has 1 fully saturated rings. The van der Waals surface area contributed by atoms with Gasteiger partial charge in [-0.15, -0.1) is 0 Å². The lowest BCUT2D eigenvalue weighted by Gasteiger charge is -2.29. The topological polar surface area (TPSA) is 113 Å². The molecular weight excluding hydrogens is 274 g/mol. The fourth-order valence-corrected chi connectivity index (χ4v) is 3.13. The molecule has 1 aromatic heterocycles. The highest BCUT2D eigenvalue weighted by atomic mass is 32.2. The first kappa shape index (κ1) is 14.0. The number of carbonyl (C=O) groups is 1. The zero-order valence-electron chi connectivity index (χ0n) is 10.2. The van der Waals surface area contributed by atoms with E-state index in [0.29, 0.717) is 18.5 Å². The Balaban J connectivity index is 1.88. The highest BCUT2D eigenvalue weighted by Crippen LogP contribution is 2.19. The van der Waals surface area contributed by atoms with Crippen molar-refractivity contribution >= 4 is 16.2 Å². The number of aromatic nitrogens is 1. The standard InChI is InChI=1S/C10H15N3O5S/c14-10(15)8-1-4-13(5-2-8)19(16,17)11-7-9-3-6-18-12-9/h3,6,8,11H,1-2,4-5,7H2,(H,14,15). The van der Waals surface area contributed by atoms with Gasteiger partial charge in [0.15, 0.2) is 0 Å². The molecular formula is C10H15N3O5S. The van der Waals surface area contributed by atoms with Crippen molar-refractivity contribution in [2.45, 2.75) is 19.4 Å². The Bertz CT molecular complexity index is 519. The predicted octanol–water partition coefficient (Wildman–Crippen LogP) is -0.194. The van der Waals surface area contributed by atoms with Gasteiger partial charge in [0, 0.05) is 19.2 Å². The number of nitrogens with one attached hydrogen (secondary N) is 1. The van der Waals surface area contributed by atoms with E-state index < -0.39 is 22.1 Å². The highest BCUT2D eigenvalue weighted by Gasteiger charge is 2.30. The van der Waals surface area contributed by atoms with Crippen molar-refractivity contribution in [2.24, 2.45) is 5.92 Å². The molecule has 0 aromatic carbocycles. The van der Waals surface area contributed by atoms with Crippen molar-refractivity contribution in [1.29, 1.82) is 0 Å². The molecule has 8 nitrogen and oxygen atoms in total. The van der Waals surface area contributed by atoms with Crippen LogP contribution in [0.1, 0.15) is 18.5 Å². The summed E-state index contributed by atoms with van der Waals surface area (Å²) in [5.41, 5.74) is 0.490. The second-order valence-electron chi connectivity index (χ2n) is 4.33. The Morgan fingerprint density at radius 2 is 2.21 bits per heavy atom. The number of carboxylic acids is 1. The van der Waals surface area contributed by atoms with Gasteiger partial charge in [-0.3, -0.25) is 4.79 Å². The van der Waals surface area contributed by atoms with Gasteiger partial charge in [0.1, 0.15) is 6.26 Å². The number of aliphatic carboxylic acids is 1. The summed E-state index contributed by atoms with van der Waals surface area (Å²) in [6.45, 7) is 0.480. The zero-order valence-corrected chi connectivity index (χ0v) is 11.0. The molecule has 0 bridgehead atoms. The Kier molecular flexibility index (Phi) is 4.17. The SMILES string of the molecule is O=C(O)C1CCN(S(=O)(=O)NCc2ccon2)CC1. The summed E-state index contributed by atoms with van der Waals surface area (Å²) in [4.78, 5) is 10.8. The Morgan fingerprint density at radius 1 is 1.53 bits per heavy atom. The van der Waals surface area contributed by atoms with E-state index in [-0.39, 0.29) is 19.6 Å². The van der Waals surface area contributed by atoms with Crippen LogP contribution in [0.15, 0.2) is 16.9 Å². The van der Waals surface area contributed by atoms with Crippen LogP contribution in [0.4, 0.5) is 0 Å². The number of hydrogen-bond donors (Lipinski definition) is 2. The Hall–Kier alpha value is -1.45. The fourth-order valence-electron chi connectivity index (χ4n) is 1.93. The molecule has 0 saturated carbocycles. The van der Waals surface area contributed by atoms with Crippen molar-refractivity contribution in [3.05, 3.63) is 18.0 Å². The van der Waals surface area contributed by atoms with Gasteiger partial charge in [-0.1, -0.05) is 5.16 Å². The van der Waals surface area contributed by atoms with Gasteiger partial charge >= 0.3 is 5.97 Å². The average molecular weight is 289 g/mol. The molecule has 0 spiro atoms. The van der Waals surface area contributed by atoms with E-state index in [9.17, 15) is 13.2 Å². The van der Waals surface area contributed by atoms with Crippen LogP contribution in [0.2, 0.25) is 0 Å². The molecule has 0 atom stereocenters. The molecule has 9 heteroatoms. The average Bonchev–Trinajstić information content (AvgIpc) is 2.90. The molecule has 2 N–H and O–H groups in total. The second kappa shape index (κ2) is 5.68. The smallest absolute Gasteiger partial charge is 0.306 e. The van der Waals surface area contributed by atoms with Crippen LogP contribution in [-0.4, -0.2) is 42.0 Å². The van der Waals surface area contributed by atoms with Gasteiger partial charge in [0.2, 0.25) is 0 Å². The summed E-state index contributed by atoms with van der Waals surface area (Å²) in [6, 6.07) is 1.57. The van der Waals surface area contributed by atoms with Crippen molar-refractivity contribution in [2.75, 3.05) is 13.1 Å². The van der Waals surface area contributed by atoms with E-state index in [1.807, 2.05) is 0 Å². The van der Waals surface area contributed by atoms with Crippen LogP contribution < -0.4 is 4.72 Å². The first-order valence-electron chi connectivity index (χ1n) is 5.86. The number of hydrogen-bond acceptors (Lipinski definition) is 5. The summed E-state index contributed by atoms with van der Waals surface area (Å²) >= 11 is 0. The van der Waals surface area contributed by atoms with Gasteiger partial charge in [0.05, 0.1) is 18.2 Å². The normalized spacial score (nSPS) is 18.5. The molecule has 106 valence electrons. The number of carboxylic acid groups (broad SMARTS) is 1. The maximum atomic E-state index is 12.0. The van der Waals surface area contributed by atoms with Gasteiger partial charge in [-0.25, -0.2) is 0 Å². The van der Waals surface area contributed by atoms with Gasteiger partial charge in [-0.2, -0.15) is 17.4 Å². The summed E-state index contributed by atoms with van der Waals surface area (Å²) in [6.07, 6.45) is 2.03. The molecule has 19 heavy (non-hydrogen) atoms. The van der Waals surface area contributed by atoms with E-state index in [2.05, 4.69) is 14.4 Å². The molecule has 1 aliphatic heterocycles. The largest absolute Gasteiger partial charge is 0.481 e. The summed E-state index contributed by atoms with van der Waals surface area (Å²) in [5, 5.41) is 12.5. The number of piperidine rings is 1. The number of rotatable bonds is 5. The summed E-state index contributed by atoms with van der Waals surface area (Å²) < 4.78 is 32.2. The quantitative estimate of drug-likeness (QED) is 0.776. The molecule has 0 aliphatic carbocycles. The third-order valence-electron chi connectivity index (χ3n) is 3.07. The summed E-state index contributed by atoms with van der Waals surface area (Å²) in [5.74, 6) is -1.32. The van der Waals surface area contributed by atoms with Crippen molar-refractivity contribution < 1.29 is 22.8 Å². The van der Waals surface area contributed by atoms with E-state index in [0.717, 1.165) is 0 Å². The minimum atomic E-state index is -3.60. The molecule has 0 amide bonds. The van der Waals surface area contributed by atoms with Gasteiger partial charge in [0.25, 0.3) is 10.2 Å². The summed E-state index contributed by atoms with van der Waals surface area (Å²) in [7, 11) is -3.60. The maximum absolute atomic E-state index is 12.0. The van der Waals surface area contributed by atoms with E-state index in [1.165, 1.54) is 10.6 Å². The lowest BCUT2D eigenvalue weighted by molar-refractivity contribution is -0.142. The zero-order chi connectivity index (χ0) is 13.9. The van der Waals surface area contributed by atoms with Crippen molar-refractivity contribution in [1.82, 2.24) is 14.2 Å². The van der Waals surface area contributed by atoms with Crippen LogP contribution in [0.5, 0.6) is 0 Å². The van der Waals surface area contributed by atoms with E-state index in [4.69, 9.17) is 5.11 Å². The van der Waals surface area contributed by atoms with E-state index in [1.54, 1.807) is 6.07 Å². The van der Waals surface area contributed by atoms with Crippen molar-refractivity contribution in [3.63, 3.8) is 0 Å². The Morgan fingerprint density at radius 3 is 2.74 bits per heavy atom. The molecule has 0 unspecified atom stereocenters. The Labute approximate surface area is 110 Å². The monoisotopic (exact) mass is 289 g/mol. The van der Waals surface area contributed by atoms with Gasteiger partial charge in [-0.05, 0) is 12.8 Å². The van der Waals surface area contributed by atoms with Gasteiger partial charge < -0.3 is 9.63 Å². The molecule has 1 aromatic rings. The maximum Gasteiger partial charge on any atom is 0.306 e. The third-order valence-corrected chi connectivity index (χ3v) is 4.62. The second-order valence-corrected chi connectivity index (χ2v) is 6.08. The minimum absolute atomic E-state index is 0.0533. The minimum Gasteiger partial charge on any atom is -0.481 e. The first-order valence-corrected chi connectivity index (χ1v) is 7.30. The van der Waals surface area contributed by atoms with E-state index >= 15 is 0 Å². The molecule has 2 rings (SSSR count). The molecule has 1 aliphatic rings. The number of nitrogens with zero attached hydrogens (tertiary/aromatic N) is 2. The predicted molar refractivity (Wildman–Crippen MR) is 64.2 cm³/mol. The van der Waals surface area contributed by atoms with Crippen LogP contribution in [0.3, 0.4) is 0 Å². The van der Waals surface area contributed by atoms with Crippen LogP contribution in [-0.2, 0) is 21.5 Å². The van der Waals surface area contributed by atoms with Crippen LogP contribution in [0.25, 0.3) is 0 Å². The lowest BCUT2D eigenvalue weighted by Crippen LogP contribution is -2.45. The highest BCUT2D eigenvalue weighted by molar-refractivity contribution is 7.87. The van der Waals surface area contributed by atoms with Crippen molar-refractivity contribution in [3.8, 4) is 0 Å². The van der Waals surface area contributed by atoms with Crippen LogP contribution in [0, 0.1) is 5.92 Å². The molecule has 1 saturated heterocycles. The lowest BCUT2D eigenvalue weighted by atomic mass is 9.99. The fraction of sp³-hybridized carbons (Fsp3) is 0.600. The molecule has 0 radical (unpaired) electrons. The third kappa shape index (κ3) is 3.52. The van der Waals surface area contributed by atoms with Crippen LogP contribution >= 0.6 is 0 Å². The first-order chi connectivity index (χ1) is 8.99.